The molecule has 0 spiro atoms. The summed E-state index contributed by atoms with van der Waals surface area (Å²) in [6.45, 7) is 2.91. The Kier molecular flexibility index (Phi) is 7.96. The molecule has 0 amide bonds. The van der Waals surface area contributed by atoms with Crippen LogP contribution in [-0.4, -0.2) is 7.11 Å². The van der Waals surface area contributed by atoms with Crippen LogP contribution < -0.4 is 0 Å². The van der Waals surface area contributed by atoms with Gasteiger partial charge in [-0.3, -0.25) is 0 Å². The van der Waals surface area contributed by atoms with E-state index in [9.17, 15) is 0 Å². The lowest BCUT2D eigenvalue weighted by molar-refractivity contribution is 0.185. The minimum Gasteiger partial charge on any atom is -0.380 e. The third-order valence-electron chi connectivity index (χ3n) is 6.83. The molecule has 1 nitrogen and oxygen atoms in total. The van der Waals surface area contributed by atoms with E-state index < -0.39 is 0 Å². The smallest absolute Gasteiger partial charge is 0.0713 e. The maximum atomic E-state index is 5.21. The molecule has 0 saturated heterocycles. The van der Waals surface area contributed by atoms with Crippen LogP contribution in [0.15, 0.2) is 84.9 Å². The summed E-state index contributed by atoms with van der Waals surface area (Å²) in [7, 11) is 1.73. The highest BCUT2D eigenvalue weighted by Gasteiger charge is 2.20. The molecule has 0 bridgehead atoms. The molecule has 3 aromatic carbocycles. The van der Waals surface area contributed by atoms with Gasteiger partial charge in [0.15, 0.2) is 0 Å². The fourth-order valence-corrected chi connectivity index (χ4v) is 4.86. The Labute approximate surface area is 194 Å². The van der Waals surface area contributed by atoms with E-state index in [1.165, 1.54) is 71.9 Å². The molecule has 1 saturated carbocycles. The normalized spacial score (nSPS) is 18.8. The summed E-state index contributed by atoms with van der Waals surface area (Å²) < 4.78 is 5.21. The summed E-state index contributed by atoms with van der Waals surface area (Å²) in [6, 6.07) is 26.9. The summed E-state index contributed by atoms with van der Waals surface area (Å²) in [5.74, 6) is 1.52. The molecule has 0 radical (unpaired) electrons. The highest BCUT2D eigenvalue weighted by atomic mass is 16.5. The highest BCUT2D eigenvalue weighted by molar-refractivity contribution is 5.70. The molecular weight excluding hydrogens is 388 g/mol. The lowest BCUT2D eigenvalue weighted by atomic mass is 9.78. The minimum absolute atomic E-state index is 0.659. The summed E-state index contributed by atoms with van der Waals surface area (Å²) in [5.41, 5.74) is 7.78. The Morgan fingerprint density at radius 1 is 0.719 bits per heavy atom. The lowest BCUT2D eigenvalue weighted by Crippen LogP contribution is -2.11. The average molecular weight is 425 g/mol. The van der Waals surface area contributed by atoms with Crippen molar-refractivity contribution in [3.8, 4) is 22.3 Å². The largest absolute Gasteiger partial charge is 0.380 e. The van der Waals surface area contributed by atoms with Gasteiger partial charge in [-0.2, -0.15) is 0 Å². The number of benzene rings is 3. The number of hydrogen-bond donors (Lipinski definition) is 0. The number of allylic oxidation sites excluding steroid dienone is 2. The van der Waals surface area contributed by atoms with E-state index >= 15 is 0 Å². The highest BCUT2D eigenvalue weighted by Crippen LogP contribution is 2.37. The van der Waals surface area contributed by atoms with E-state index in [1.54, 1.807) is 7.11 Å². The zero-order valence-corrected chi connectivity index (χ0v) is 19.6. The summed E-state index contributed by atoms with van der Waals surface area (Å²) in [6.07, 6.45) is 12.6. The Bertz CT molecular complexity index is 972. The molecule has 0 unspecified atom stereocenters. The van der Waals surface area contributed by atoms with Gasteiger partial charge in [-0.25, -0.2) is 0 Å². The van der Waals surface area contributed by atoms with E-state index in [1.807, 2.05) is 0 Å². The van der Waals surface area contributed by atoms with E-state index in [0.717, 1.165) is 11.8 Å². The minimum atomic E-state index is 0.659. The van der Waals surface area contributed by atoms with Gasteiger partial charge in [0.05, 0.1) is 6.61 Å². The first-order valence-corrected chi connectivity index (χ1v) is 12.2. The molecule has 0 N–H and O–H groups in total. The second-order valence-corrected chi connectivity index (χ2v) is 9.16. The molecule has 0 aliphatic heterocycles. The Morgan fingerprint density at radius 2 is 1.22 bits per heavy atom. The van der Waals surface area contributed by atoms with Gasteiger partial charge in [-0.15, -0.1) is 0 Å². The van der Waals surface area contributed by atoms with Crippen molar-refractivity contribution in [3.63, 3.8) is 0 Å². The van der Waals surface area contributed by atoms with E-state index in [4.69, 9.17) is 4.74 Å². The summed E-state index contributed by atoms with van der Waals surface area (Å²) in [4.78, 5) is 0. The Balaban J connectivity index is 1.37. The van der Waals surface area contributed by atoms with Crippen molar-refractivity contribution >= 4 is 0 Å². The first-order valence-electron chi connectivity index (χ1n) is 12.2. The number of methoxy groups -OCH3 is 1. The number of unbranched alkanes of at least 4 members (excludes halogenated alkanes) is 1. The first kappa shape index (κ1) is 22.6. The van der Waals surface area contributed by atoms with Gasteiger partial charge in [-0.1, -0.05) is 98.3 Å². The molecule has 0 atom stereocenters. The standard InChI is InChI=1S/C31H36O/c1-3-4-5-6-24-7-11-26(12-8-24)28-15-19-30(20-16-28)31-21-17-29(18-22-31)27-13-9-25(10-14-27)23-32-2/h5-6,9-10,13-22,24,26H,3-4,7-8,11-12,23H2,1-2H3. The monoisotopic (exact) mass is 424 g/mol. The first-order chi connectivity index (χ1) is 15.8. The Morgan fingerprint density at radius 3 is 1.72 bits per heavy atom. The lowest BCUT2D eigenvalue weighted by Gasteiger charge is -2.27. The van der Waals surface area contributed by atoms with Gasteiger partial charge >= 0.3 is 0 Å². The van der Waals surface area contributed by atoms with Gasteiger partial charge in [0, 0.05) is 7.11 Å². The van der Waals surface area contributed by atoms with E-state index in [0.29, 0.717) is 6.61 Å². The zero-order valence-electron chi connectivity index (χ0n) is 19.6. The molecule has 1 heteroatoms. The van der Waals surface area contributed by atoms with Gasteiger partial charge in [0.25, 0.3) is 0 Å². The molecule has 3 aromatic rings. The number of ether oxygens (including phenoxy) is 1. The molecule has 4 rings (SSSR count). The predicted molar refractivity (Wildman–Crippen MR) is 137 cm³/mol. The van der Waals surface area contributed by atoms with Gasteiger partial charge in [0.2, 0.25) is 0 Å². The van der Waals surface area contributed by atoms with Crippen LogP contribution in [0.25, 0.3) is 22.3 Å². The molecule has 0 heterocycles. The van der Waals surface area contributed by atoms with Crippen molar-refractivity contribution in [1.82, 2.24) is 0 Å². The maximum Gasteiger partial charge on any atom is 0.0713 e. The fraction of sp³-hybridized carbons (Fsp3) is 0.355. The average Bonchev–Trinajstić information content (AvgIpc) is 2.86. The molecule has 1 aliphatic rings. The molecule has 1 fully saturated rings. The van der Waals surface area contributed by atoms with Gasteiger partial charge < -0.3 is 4.74 Å². The molecule has 1 aliphatic carbocycles. The fourth-order valence-electron chi connectivity index (χ4n) is 4.86. The van der Waals surface area contributed by atoms with Crippen LogP contribution in [0.3, 0.4) is 0 Å². The molecule has 166 valence electrons. The van der Waals surface area contributed by atoms with Crippen LogP contribution in [0.5, 0.6) is 0 Å². The van der Waals surface area contributed by atoms with Gasteiger partial charge in [0.1, 0.15) is 0 Å². The topological polar surface area (TPSA) is 9.23 Å². The second kappa shape index (κ2) is 11.3. The third-order valence-corrected chi connectivity index (χ3v) is 6.83. The van der Waals surface area contributed by atoms with Crippen molar-refractivity contribution in [1.29, 1.82) is 0 Å². The number of rotatable bonds is 8. The van der Waals surface area contributed by atoms with Crippen LogP contribution in [0.1, 0.15) is 62.5 Å². The molecular formula is C31H36O. The zero-order chi connectivity index (χ0) is 22.2. The second-order valence-electron chi connectivity index (χ2n) is 9.16. The van der Waals surface area contributed by atoms with Crippen molar-refractivity contribution in [2.45, 2.75) is 58.0 Å². The van der Waals surface area contributed by atoms with Crippen LogP contribution >= 0.6 is 0 Å². The van der Waals surface area contributed by atoms with E-state index in [-0.39, 0.29) is 0 Å². The van der Waals surface area contributed by atoms with Crippen LogP contribution in [0, 0.1) is 5.92 Å². The van der Waals surface area contributed by atoms with Crippen molar-refractivity contribution in [2.24, 2.45) is 5.92 Å². The van der Waals surface area contributed by atoms with Crippen LogP contribution in [0.2, 0.25) is 0 Å². The van der Waals surface area contributed by atoms with Crippen LogP contribution in [-0.2, 0) is 11.3 Å². The molecule has 32 heavy (non-hydrogen) atoms. The van der Waals surface area contributed by atoms with Gasteiger partial charge in [-0.05, 0) is 77.3 Å². The van der Waals surface area contributed by atoms with Crippen molar-refractivity contribution in [3.05, 3.63) is 96.1 Å². The number of hydrogen-bond acceptors (Lipinski definition) is 1. The SMILES string of the molecule is CCCC=CC1CCC(c2ccc(-c3ccc(-c4ccc(COC)cc4)cc3)cc2)CC1. The Hall–Kier alpha value is -2.64. The van der Waals surface area contributed by atoms with Crippen molar-refractivity contribution in [2.75, 3.05) is 7.11 Å². The summed E-state index contributed by atoms with van der Waals surface area (Å²) in [5, 5.41) is 0. The van der Waals surface area contributed by atoms with Crippen LogP contribution in [0.4, 0.5) is 0 Å². The third kappa shape index (κ3) is 5.78. The molecule has 0 aromatic heterocycles. The predicted octanol–water partition coefficient (Wildman–Crippen LogP) is 8.80. The maximum absolute atomic E-state index is 5.21. The van der Waals surface area contributed by atoms with E-state index in [2.05, 4.69) is 91.9 Å². The summed E-state index contributed by atoms with van der Waals surface area (Å²) >= 11 is 0. The van der Waals surface area contributed by atoms with Crippen molar-refractivity contribution < 1.29 is 4.74 Å². The quantitative estimate of drug-likeness (QED) is 0.328.